The topological polar surface area (TPSA) is 91.2 Å². The first-order valence-electron chi connectivity index (χ1n) is 6.02. The van der Waals surface area contributed by atoms with Gasteiger partial charge in [0, 0.05) is 17.8 Å². The Kier molecular flexibility index (Phi) is 6.57. The Hall–Kier alpha value is -2.72. The number of carbonyl (C=O) groups excluding carboxylic acids is 2. The molecule has 1 aromatic rings. The number of nitrogens with one attached hydrogen (secondary N) is 2. The van der Waals surface area contributed by atoms with Gasteiger partial charge in [-0.3, -0.25) is 10.1 Å². The summed E-state index contributed by atoms with van der Waals surface area (Å²) >= 11 is 4.95. The van der Waals surface area contributed by atoms with E-state index >= 15 is 0 Å². The number of carbonyl (C=O) groups is 2. The molecule has 0 heterocycles. The van der Waals surface area contributed by atoms with Crippen LogP contribution in [-0.2, 0) is 14.3 Å². The van der Waals surface area contributed by atoms with Crippen LogP contribution in [0.25, 0.3) is 0 Å². The molecule has 6 nitrogen and oxygen atoms in total. The lowest BCUT2D eigenvalue weighted by molar-refractivity contribution is -0.137. The Morgan fingerprint density at radius 2 is 2.19 bits per heavy atom. The van der Waals surface area contributed by atoms with Crippen LogP contribution < -0.4 is 10.6 Å². The average molecular weight is 303 g/mol. The summed E-state index contributed by atoms with van der Waals surface area (Å²) < 4.78 is 4.63. The molecule has 7 heteroatoms. The lowest BCUT2D eigenvalue weighted by Crippen LogP contribution is -2.33. The third kappa shape index (κ3) is 6.31. The van der Waals surface area contributed by atoms with Gasteiger partial charge in [0.1, 0.15) is 0 Å². The first-order valence-corrected chi connectivity index (χ1v) is 6.43. The molecular weight excluding hydrogens is 290 g/mol. The van der Waals surface area contributed by atoms with Crippen molar-refractivity contribution < 1.29 is 14.3 Å². The van der Waals surface area contributed by atoms with Gasteiger partial charge in [-0.1, -0.05) is 6.07 Å². The summed E-state index contributed by atoms with van der Waals surface area (Å²) in [5.74, 6) is -1.16. The molecule has 1 aromatic carbocycles. The highest BCUT2D eigenvalue weighted by molar-refractivity contribution is 7.80. The predicted molar refractivity (Wildman–Crippen MR) is 81.3 cm³/mol. The molecule has 0 bridgehead atoms. The molecule has 0 spiro atoms. The Balaban J connectivity index is 2.51. The fourth-order valence-corrected chi connectivity index (χ4v) is 1.53. The van der Waals surface area contributed by atoms with E-state index in [4.69, 9.17) is 17.5 Å². The van der Waals surface area contributed by atoms with Crippen molar-refractivity contribution in [3.63, 3.8) is 0 Å². The number of thiocarbonyl (C=S) groups is 1. The van der Waals surface area contributed by atoms with E-state index in [-0.39, 0.29) is 11.7 Å². The minimum Gasteiger partial charge on any atom is -0.463 e. The highest BCUT2D eigenvalue weighted by atomic mass is 32.1. The van der Waals surface area contributed by atoms with Gasteiger partial charge in [0.2, 0.25) is 5.91 Å². The van der Waals surface area contributed by atoms with Crippen LogP contribution in [0.2, 0.25) is 0 Å². The average Bonchev–Trinajstić information content (AvgIpc) is 2.45. The van der Waals surface area contributed by atoms with Crippen LogP contribution in [0.4, 0.5) is 5.69 Å². The summed E-state index contributed by atoms with van der Waals surface area (Å²) in [5.41, 5.74) is 1.05. The lowest BCUT2D eigenvalue weighted by Gasteiger charge is -2.08. The zero-order valence-electron chi connectivity index (χ0n) is 11.3. The number of hydrogen-bond donors (Lipinski definition) is 2. The third-order valence-electron chi connectivity index (χ3n) is 2.14. The largest absolute Gasteiger partial charge is 0.463 e. The van der Waals surface area contributed by atoms with Crippen molar-refractivity contribution in [1.29, 1.82) is 5.26 Å². The van der Waals surface area contributed by atoms with Crippen LogP contribution in [0.15, 0.2) is 36.4 Å². The second-order valence-corrected chi connectivity index (χ2v) is 4.13. The molecule has 1 amide bonds. The summed E-state index contributed by atoms with van der Waals surface area (Å²) in [6.07, 6.45) is 2.04. The summed E-state index contributed by atoms with van der Waals surface area (Å²) in [6, 6.07) is 8.62. The highest BCUT2D eigenvalue weighted by Gasteiger charge is 2.03. The van der Waals surface area contributed by atoms with Crippen molar-refractivity contribution in [2.45, 2.75) is 6.92 Å². The molecule has 0 unspecified atom stereocenters. The summed E-state index contributed by atoms with van der Waals surface area (Å²) in [6.45, 7) is 1.90. The Morgan fingerprint density at radius 1 is 1.43 bits per heavy atom. The molecule has 2 N–H and O–H groups in total. The molecule has 0 fully saturated rings. The smallest absolute Gasteiger partial charge is 0.330 e. The van der Waals surface area contributed by atoms with E-state index < -0.39 is 11.9 Å². The van der Waals surface area contributed by atoms with Crippen molar-refractivity contribution in [1.82, 2.24) is 5.32 Å². The number of nitrogens with zero attached hydrogens (tertiary/aromatic N) is 1. The highest BCUT2D eigenvalue weighted by Crippen LogP contribution is 2.09. The van der Waals surface area contributed by atoms with E-state index in [1.807, 2.05) is 6.07 Å². The van der Waals surface area contributed by atoms with Gasteiger partial charge in [0.05, 0.1) is 18.2 Å². The molecule has 0 aliphatic carbocycles. The van der Waals surface area contributed by atoms with E-state index in [2.05, 4.69) is 15.4 Å². The number of amides is 1. The molecule has 0 radical (unpaired) electrons. The summed E-state index contributed by atoms with van der Waals surface area (Å²) in [7, 11) is 0. The molecule has 0 aliphatic heterocycles. The van der Waals surface area contributed by atoms with E-state index in [0.29, 0.717) is 11.3 Å². The van der Waals surface area contributed by atoms with Crippen molar-refractivity contribution >= 4 is 34.9 Å². The second-order valence-electron chi connectivity index (χ2n) is 3.72. The predicted octanol–water partition coefficient (Wildman–Crippen LogP) is 1.49. The maximum Gasteiger partial charge on any atom is 0.330 e. The van der Waals surface area contributed by atoms with Gasteiger partial charge in [0.15, 0.2) is 5.11 Å². The molecule has 0 saturated heterocycles. The van der Waals surface area contributed by atoms with Crippen LogP contribution in [-0.4, -0.2) is 23.6 Å². The number of anilines is 1. The minimum absolute atomic E-state index is 0.0589. The maximum absolute atomic E-state index is 11.5. The molecular formula is C14H13N3O3S. The molecule has 0 atom stereocenters. The molecule has 0 aromatic heterocycles. The number of benzene rings is 1. The Bertz CT molecular complexity index is 620. The fraction of sp³-hybridized carbons (Fsp3) is 0.143. The van der Waals surface area contributed by atoms with E-state index in [0.717, 1.165) is 12.2 Å². The van der Waals surface area contributed by atoms with Crippen LogP contribution in [0.5, 0.6) is 0 Å². The van der Waals surface area contributed by atoms with Gasteiger partial charge in [0.25, 0.3) is 0 Å². The van der Waals surface area contributed by atoms with E-state index in [1.54, 1.807) is 31.2 Å². The molecule has 0 saturated carbocycles. The molecule has 0 aliphatic rings. The van der Waals surface area contributed by atoms with E-state index in [1.165, 1.54) is 0 Å². The maximum atomic E-state index is 11.5. The van der Waals surface area contributed by atoms with Crippen molar-refractivity contribution in [2.75, 3.05) is 11.9 Å². The number of esters is 1. The van der Waals surface area contributed by atoms with Crippen LogP contribution >= 0.6 is 12.2 Å². The zero-order valence-corrected chi connectivity index (χ0v) is 12.1. The Morgan fingerprint density at radius 3 is 2.86 bits per heavy atom. The number of nitriles is 1. The SMILES string of the molecule is CCOC(=O)/C=C/C(=O)NC(=S)Nc1cccc(C#N)c1. The summed E-state index contributed by atoms with van der Waals surface area (Å²) in [4.78, 5) is 22.5. The van der Waals surface area contributed by atoms with Gasteiger partial charge >= 0.3 is 5.97 Å². The monoisotopic (exact) mass is 303 g/mol. The quantitative estimate of drug-likeness (QED) is 0.497. The molecule has 1 rings (SSSR count). The van der Waals surface area contributed by atoms with Gasteiger partial charge in [-0.2, -0.15) is 5.26 Å². The third-order valence-corrected chi connectivity index (χ3v) is 2.35. The van der Waals surface area contributed by atoms with Crippen molar-refractivity contribution in [3.05, 3.63) is 42.0 Å². The number of hydrogen-bond acceptors (Lipinski definition) is 5. The fourth-order valence-electron chi connectivity index (χ4n) is 1.32. The van der Waals surface area contributed by atoms with Crippen LogP contribution in [0.1, 0.15) is 12.5 Å². The van der Waals surface area contributed by atoms with Gasteiger partial charge in [-0.25, -0.2) is 4.79 Å². The molecule has 21 heavy (non-hydrogen) atoms. The van der Waals surface area contributed by atoms with E-state index in [9.17, 15) is 9.59 Å². The first-order chi connectivity index (χ1) is 10.0. The lowest BCUT2D eigenvalue weighted by atomic mass is 10.2. The first kappa shape index (κ1) is 16.3. The van der Waals surface area contributed by atoms with Gasteiger partial charge in [-0.05, 0) is 37.3 Å². The number of ether oxygens (including phenoxy) is 1. The second kappa shape index (κ2) is 8.45. The zero-order chi connectivity index (χ0) is 15.7. The minimum atomic E-state index is -0.603. The number of rotatable bonds is 4. The van der Waals surface area contributed by atoms with Gasteiger partial charge < -0.3 is 10.1 Å². The molecule has 108 valence electrons. The van der Waals surface area contributed by atoms with Crippen molar-refractivity contribution in [2.24, 2.45) is 0 Å². The summed E-state index contributed by atoms with van der Waals surface area (Å²) in [5, 5.41) is 14.0. The Labute approximate surface area is 127 Å². The normalized spacial score (nSPS) is 9.71. The van der Waals surface area contributed by atoms with Gasteiger partial charge in [-0.15, -0.1) is 0 Å². The van der Waals surface area contributed by atoms with Crippen LogP contribution in [0, 0.1) is 11.3 Å². The van der Waals surface area contributed by atoms with Crippen molar-refractivity contribution in [3.8, 4) is 6.07 Å². The standard InChI is InChI=1S/C14H13N3O3S/c1-2-20-13(19)7-6-12(18)17-14(21)16-11-5-3-4-10(8-11)9-15/h3-8H,2H2,1H3,(H2,16,17,18,21)/b7-6+. The van der Waals surface area contributed by atoms with Crippen LogP contribution in [0.3, 0.4) is 0 Å².